The Balaban J connectivity index is 1.66. The highest BCUT2D eigenvalue weighted by molar-refractivity contribution is 6.11. The first-order valence-corrected chi connectivity index (χ1v) is 11.0. The predicted molar refractivity (Wildman–Crippen MR) is 123 cm³/mol. The Morgan fingerprint density at radius 1 is 1.12 bits per heavy atom. The van der Waals surface area contributed by atoms with Gasteiger partial charge in [-0.3, -0.25) is 4.79 Å². The fourth-order valence-corrected chi connectivity index (χ4v) is 4.53. The maximum Gasteiger partial charge on any atom is 0.210 e. The fraction of sp³-hybridized carbons (Fsp3) is 0.231. The van der Waals surface area contributed by atoms with Crippen LogP contribution < -0.4 is 0 Å². The molecule has 4 heterocycles. The van der Waals surface area contributed by atoms with Crippen LogP contribution in [0, 0.1) is 24.1 Å². The van der Waals surface area contributed by atoms with E-state index < -0.39 is 5.82 Å². The number of aromatic nitrogens is 4. The van der Waals surface area contributed by atoms with Crippen molar-refractivity contribution in [3.05, 3.63) is 88.5 Å². The molecule has 3 aromatic heterocycles. The van der Waals surface area contributed by atoms with Crippen LogP contribution in [0.3, 0.4) is 0 Å². The normalized spacial score (nSPS) is 14.0. The van der Waals surface area contributed by atoms with Crippen LogP contribution in [-0.2, 0) is 13.0 Å². The Hall–Kier alpha value is -4.05. The highest BCUT2D eigenvalue weighted by Crippen LogP contribution is 2.30. The molecule has 0 amide bonds. The summed E-state index contributed by atoms with van der Waals surface area (Å²) < 4.78 is 17.3. The molecule has 164 valence electrons. The largest absolute Gasteiger partial charge is 0.313 e. The average Bonchev–Trinajstić information content (AvgIpc) is 3.25. The smallest absolute Gasteiger partial charge is 0.210 e. The fourth-order valence-electron chi connectivity index (χ4n) is 4.53. The monoisotopic (exact) mass is 439 g/mol. The van der Waals surface area contributed by atoms with Crippen molar-refractivity contribution in [2.45, 2.75) is 39.2 Å². The summed E-state index contributed by atoms with van der Waals surface area (Å²) in [4.78, 5) is 13.4. The lowest BCUT2D eigenvalue weighted by atomic mass is 10.0. The Morgan fingerprint density at radius 2 is 1.94 bits per heavy atom. The van der Waals surface area contributed by atoms with E-state index in [1.165, 1.54) is 24.3 Å². The van der Waals surface area contributed by atoms with E-state index in [0.717, 1.165) is 54.7 Å². The zero-order chi connectivity index (χ0) is 22.9. The molecular formula is C26H22FN5O. The van der Waals surface area contributed by atoms with Crippen molar-refractivity contribution in [3.63, 3.8) is 0 Å². The Bertz CT molecular complexity index is 1440. The van der Waals surface area contributed by atoms with Crippen LogP contribution in [0.2, 0.25) is 0 Å². The summed E-state index contributed by atoms with van der Waals surface area (Å²) in [6.07, 6.45) is 7.71. The van der Waals surface area contributed by atoms with Gasteiger partial charge in [-0.15, -0.1) is 10.2 Å². The number of halogens is 1. The maximum absolute atomic E-state index is 13.4. The summed E-state index contributed by atoms with van der Waals surface area (Å²) in [6.45, 7) is 2.66. The minimum absolute atomic E-state index is 0.205. The van der Waals surface area contributed by atoms with Gasteiger partial charge >= 0.3 is 0 Å². The number of hydrogen-bond acceptors (Lipinski definition) is 4. The van der Waals surface area contributed by atoms with Crippen LogP contribution >= 0.6 is 0 Å². The third kappa shape index (κ3) is 3.64. The number of nitriles is 1. The second-order valence-electron chi connectivity index (χ2n) is 8.25. The van der Waals surface area contributed by atoms with Crippen molar-refractivity contribution < 1.29 is 9.18 Å². The van der Waals surface area contributed by atoms with Gasteiger partial charge in [0.25, 0.3) is 0 Å². The molecule has 5 rings (SSSR count). The van der Waals surface area contributed by atoms with E-state index >= 15 is 0 Å². The summed E-state index contributed by atoms with van der Waals surface area (Å²) in [5.74, 6) is 0.881. The third-order valence-corrected chi connectivity index (χ3v) is 6.22. The number of hydrogen-bond donors (Lipinski definition) is 0. The number of pyridine rings is 1. The summed E-state index contributed by atoms with van der Waals surface area (Å²) in [6, 6.07) is 13.5. The van der Waals surface area contributed by atoms with Crippen molar-refractivity contribution >= 4 is 22.9 Å². The highest BCUT2D eigenvalue weighted by atomic mass is 19.1. The Kier molecular flexibility index (Phi) is 5.35. The molecular weight excluding hydrogens is 417 g/mol. The molecule has 0 aliphatic carbocycles. The number of nitrogens with zero attached hydrogens (tertiary/aromatic N) is 5. The molecule has 7 heteroatoms. The lowest BCUT2D eigenvalue weighted by molar-refractivity contribution is 0.103. The number of carbonyl (C=O) groups excluding carboxylic acids is 1. The number of fused-ring (bicyclic) bond motifs is 2. The maximum atomic E-state index is 13.4. The summed E-state index contributed by atoms with van der Waals surface area (Å²) in [7, 11) is 0. The van der Waals surface area contributed by atoms with E-state index in [1.807, 2.05) is 40.3 Å². The lowest BCUT2D eigenvalue weighted by Crippen LogP contribution is -2.07. The third-order valence-electron chi connectivity index (χ3n) is 6.22. The SMILES string of the molecule is Cc1c(/C=C(\C#N)c2nnc3n2CCCCC3)c2ccccn2c1C(=O)c1ccc(F)cc1. The quantitative estimate of drug-likeness (QED) is 0.331. The van der Waals surface area contributed by atoms with Gasteiger partial charge in [0.1, 0.15) is 17.7 Å². The molecule has 1 aliphatic rings. The van der Waals surface area contributed by atoms with Crippen LogP contribution in [0.1, 0.15) is 58.1 Å². The van der Waals surface area contributed by atoms with Crippen molar-refractivity contribution in [1.82, 2.24) is 19.2 Å². The van der Waals surface area contributed by atoms with Crippen LogP contribution in [0.25, 0.3) is 17.2 Å². The zero-order valence-corrected chi connectivity index (χ0v) is 18.3. The molecule has 0 bridgehead atoms. The molecule has 33 heavy (non-hydrogen) atoms. The number of benzene rings is 1. The molecule has 1 aromatic carbocycles. The van der Waals surface area contributed by atoms with Crippen molar-refractivity contribution in [3.8, 4) is 6.07 Å². The van der Waals surface area contributed by atoms with Gasteiger partial charge < -0.3 is 8.97 Å². The van der Waals surface area contributed by atoms with Crippen LogP contribution in [0.15, 0.2) is 48.7 Å². The van der Waals surface area contributed by atoms with Gasteiger partial charge in [-0.1, -0.05) is 12.5 Å². The van der Waals surface area contributed by atoms with Crippen molar-refractivity contribution in [1.29, 1.82) is 5.26 Å². The lowest BCUT2D eigenvalue weighted by Gasteiger charge is -2.06. The molecule has 0 saturated heterocycles. The molecule has 6 nitrogen and oxygen atoms in total. The zero-order valence-electron chi connectivity index (χ0n) is 18.3. The average molecular weight is 439 g/mol. The summed E-state index contributed by atoms with van der Waals surface area (Å²) in [5.41, 5.74) is 3.64. The van der Waals surface area contributed by atoms with Gasteiger partial charge in [0.15, 0.2) is 5.82 Å². The second-order valence-corrected chi connectivity index (χ2v) is 8.25. The van der Waals surface area contributed by atoms with Crippen LogP contribution in [-0.4, -0.2) is 24.9 Å². The number of aryl methyl sites for hydroxylation is 1. The Labute approximate surface area is 190 Å². The molecule has 0 atom stereocenters. The number of allylic oxidation sites excluding steroid dienone is 1. The van der Waals surface area contributed by atoms with E-state index in [1.54, 1.807) is 6.08 Å². The van der Waals surface area contributed by atoms with Gasteiger partial charge in [-0.25, -0.2) is 4.39 Å². The molecule has 0 spiro atoms. The van der Waals surface area contributed by atoms with E-state index in [4.69, 9.17) is 0 Å². The van der Waals surface area contributed by atoms with Gasteiger partial charge in [-0.05, 0) is 67.8 Å². The van der Waals surface area contributed by atoms with Gasteiger partial charge in [0.2, 0.25) is 5.78 Å². The molecule has 0 radical (unpaired) electrons. The minimum Gasteiger partial charge on any atom is -0.313 e. The molecule has 1 aliphatic heterocycles. The van der Waals surface area contributed by atoms with Gasteiger partial charge in [0.05, 0.1) is 16.8 Å². The van der Waals surface area contributed by atoms with Crippen LogP contribution in [0.5, 0.6) is 0 Å². The second kappa shape index (κ2) is 8.47. The standard InChI is InChI=1S/C26H22FN5O/c1-17-21(15-19(16-28)26-30-29-23-8-3-2-5-14-32(23)26)22-7-4-6-13-31(22)24(17)25(33)18-9-11-20(27)12-10-18/h4,6-7,9-13,15H,2-3,5,8,14H2,1H3/b19-15+. The molecule has 0 unspecified atom stereocenters. The van der Waals surface area contributed by atoms with Crippen molar-refractivity contribution in [2.24, 2.45) is 0 Å². The van der Waals surface area contributed by atoms with Gasteiger partial charge in [-0.2, -0.15) is 5.26 Å². The van der Waals surface area contributed by atoms with Gasteiger partial charge in [0, 0.05) is 30.3 Å². The molecule has 0 saturated carbocycles. The minimum atomic E-state index is -0.391. The molecule has 0 N–H and O–H groups in total. The molecule has 4 aromatic rings. The highest BCUT2D eigenvalue weighted by Gasteiger charge is 2.23. The van der Waals surface area contributed by atoms with E-state index in [2.05, 4.69) is 16.3 Å². The van der Waals surface area contributed by atoms with E-state index in [-0.39, 0.29) is 5.78 Å². The first kappa shape index (κ1) is 20.8. The number of carbonyl (C=O) groups is 1. The topological polar surface area (TPSA) is 76.0 Å². The van der Waals surface area contributed by atoms with Crippen molar-refractivity contribution in [2.75, 3.05) is 0 Å². The first-order valence-electron chi connectivity index (χ1n) is 11.0. The van der Waals surface area contributed by atoms with Crippen LogP contribution in [0.4, 0.5) is 4.39 Å². The van der Waals surface area contributed by atoms with E-state index in [9.17, 15) is 14.4 Å². The first-order chi connectivity index (χ1) is 16.1. The summed E-state index contributed by atoms with van der Waals surface area (Å²) >= 11 is 0. The number of ketones is 1. The molecule has 0 fully saturated rings. The number of rotatable bonds is 4. The Morgan fingerprint density at radius 3 is 2.73 bits per heavy atom. The predicted octanol–water partition coefficient (Wildman–Crippen LogP) is 5.00. The summed E-state index contributed by atoms with van der Waals surface area (Å²) in [5, 5.41) is 18.7. The van der Waals surface area contributed by atoms with E-state index in [0.29, 0.717) is 22.7 Å².